The number of hydrogen-bond acceptors (Lipinski definition) is 3. The molecule has 2 atom stereocenters. The summed E-state index contributed by atoms with van der Waals surface area (Å²) in [5.74, 6) is 0. The number of benzene rings is 1. The summed E-state index contributed by atoms with van der Waals surface area (Å²) in [7, 11) is 0. The number of hydrogen-bond donors (Lipinski definition) is 3. The van der Waals surface area contributed by atoms with Gasteiger partial charge in [0.25, 0.3) is 0 Å². The van der Waals surface area contributed by atoms with E-state index in [1.54, 1.807) is 6.92 Å². The largest absolute Gasteiger partial charge is 0.444 e. The van der Waals surface area contributed by atoms with Gasteiger partial charge in [0, 0.05) is 17.1 Å². The Kier molecular flexibility index (Phi) is 4.76. The van der Waals surface area contributed by atoms with Gasteiger partial charge in [0.05, 0.1) is 12.1 Å². The Labute approximate surface area is 130 Å². The normalized spacial score (nSPS) is 14.6. The average molecular weight is 304 g/mol. The molecule has 0 spiro atoms. The van der Waals surface area contributed by atoms with Gasteiger partial charge in [-0.25, -0.2) is 4.79 Å². The van der Waals surface area contributed by atoms with Crippen LogP contribution in [0.2, 0.25) is 0 Å². The minimum absolute atomic E-state index is 0.408. The molecule has 0 aliphatic heterocycles. The number of aliphatic hydroxyl groups excluding tert-OH is 1. The maximum atomic E-state index is 11.9. The van der Waals surface area contributed by atoms with Crippen LogP contribution in [0.5, 0.6) is 0 Å². The molecule has 1 heterocycles. The lowest BCUT2D eigenvalue weighted by Gasteiger charge is -2.25. The molecule has 22 heavy (non-hydrogen) atoms. The fourth-order valence-corrected chi connectivity index (χ4v) is 2.34. The van der Waals surface area contributed by atoms with E-state index in [0.717, 1.165) is 16.5 Å². The first kappa shape index (κ1) is 16.4. The fraction of sp³-hybridized carbons (Fsp3) is 0.471. The number of amides is 1. The lowest BCUT2D eigenvalue weighted by atomic mass is 10.0. The minimum atomic E-state index is -0.679. The Morgan fingerprint density at radius 2 is 2.05 bits per heavy atom. The molecule has 0 saturated heterocycles. The van der Waals surface area contributed by atoms with E-state index in [1.165, 1.54) is 0 Å². The highest BCUT2D eigenvalue weighted by molar-refractivity contribution is 5.83. The molecule has 2 rings (SSSR count). The summed E-state index contributed by atoms with van der Waals surface area (Å²) in [6.07, 6.45) is 1.25. The molecule has 0 aliphatic carbocycles. The number of H-pyrrole nitrogens is 1. The van der Waals surface area contributed by atoms with Crippen LogP contribution in [0, 0.1) is 0 Å². The van der Waals surface area contributed by atoms with Crippen LogP contribution in [-0.2, 0) is 11.2 Å². The van der Waals surface area contributed by atoms with Gasteiger partial charge in [0.1, 0.15) is 5.60 Å². The number of aliphatic hydroxyl groups is 1. The van der Waals surface area contributed by atoms with Crippen LogP contribution in [0.25, 0.3) is 10.9 Å². The molecule has 2 aromatic rings. The van der Waals surface area contributed by atoms with E-state index in [2.05, 4.69) is 10.3 Å². The monoisotopic (exact) mass is 304 g/mol. The molecule has 0 radical (unpaired) electrons. The number of rotatable bonds is 4. The summed E-state index contributed by atoms with van der Waals surface area (Å²) in [6, 6.07) is 7.55. The van der Waals surface area contributed by atoms with Crippen LogP contribution in [0.3, 0.4) is 0 Å². The molecular weight excluding hydrogens is 280 g/mol. The van der Waals surface area contributed by atoms with E-state index >= 15 is 0 Å². The van der Waals surface area contributed by atoms with E-state index in [9.17, 15) is 9.90 Å². The Hall–Kier alpha value is -2.01. The molecule has 1 aromatic carbocycles. The van der Waals surface area contributed by atoms with Crippen LogP contribution >= 0.6 is 0 Å². The summed E-state index contributed by atoms with van der Waals surface area (Å²) in [6.45, 7) is 7.09. The van der Waals surface area contributed by atoms with Crippen molar-refractivity contribution in [2.24, 2.45) is 0 Å². The summed E-state index contributed by atoms with van der Waals surface area (Å²) < 4.78 is 5.26. The molecule has 120 valence electrons. The summed E-state index contributed by atoms with van der Waals surface area (Å²) in [4.78, 5) is 15.1. The molecule has 5 nitrogen and oxygen atoms in total. The van der Waals surface area contributed by atoms with Crippen LogP contribution < -0.4 is 5.32 Å². The van der Waals surface area contributed by atoms with Gasteiger partial charge in [-0.05, 0) is 45.7 Å². The number of aromatic nitrogens is 1. The standard InChI is InChI=1S/C17H24N2O3/c1-11(20)15(19-16(21)22-17(2,3)4)9-12-10-18-14-8-6-5-7-13(12)14/h5-8,10-11,15,18,20H,9H2,1-4H3,(H,19,21). The third kappa shape index (κ3) is 4.24. The third-order valence-electron chi connectivity index (χ3n) is 3.40. The lowest BCUT2D eigenvalue weighted by Crippen LogP contribution is -2.45. The van der Waals surface area contributed by atoms with Crippen molar-refractivity contribution in [2.45, 2.75) is 51.9 Å². The van der Waals surface area contributed by atoms with Gasteiger partial charge >= 0.3 is 6.09 Å². The predicted molar refractivity (Wildman–Crippen MR) is 86.8 cm³/mol. The van der Waals surface area contributed by atoms with Crippen LogP contribution in [0.15, 0.2) is 30.5 Å². The highest BCUT2D eigenvalue weighted by Crippen LogP contribution is 2.20. The van der Waals surface area contributed by atoms with Gasteiger partial charge in [-0.3, -0.25) is 0 Å². The van der Waals surface area contributed by atoms with E-state index in [4.69, 9.17) is 4.74 Å². The highest BCUT2D eigenvalue weighted by atomic mass is 16.6. The van der Waals surface area contributed by atoms with E-state index in [1.807, 2.05) is 51.2 Å². The van der Waals surface area contributed by atoms with E-state index in [-0.39, 0.29) is 0 Å². The minimum Gasteiger partial charge on any atom is -0.444 e. The molecule has 1 amide bonds. The van der Waals surface area contributed by atoms with Gasteiger partial charge in [-0.15, -0.1) is 0 Å². The van der Waals surface area contributed by atoms with Crippen molar-refractivity contribution >= 4 is 17.0 Å². The average Bonchev–Trinajstić information content (AvgIpc) is 2.79. The molecular formula is C17H24N2O3. The number of nitrogens with one attached hydrogen (secondary N) is 2. The maximum absolute atomic E-state index is 11.9. The zero-order valence-corrected chi connectivity index (χ0v) is 13.5. The van der Waals surface area contributed by atoms with Crippen molar-refractivity contribution in [1.29, 1.82) is 0 Å². The van der Waals surface area contributed by atoms with Crippen molar-refractivity contribution in [3.05, 3.63) is 36.0 Å². The van der Waals surface area contributed by atoms with Gasteiger partial charge in [0.2, 0.25) is 0 Å². The summed E-state index contributed by atoms with van der Waals surface area (Å²) in [5, 5.41) is 13.8. The molecule has 1 aromatic heterocycles. The fourth-order valence-electron chi connectivity index (χ4n) is 2.34. The Balaban J connectivity index is 2.11. The van der Waals surface area contributed by atoms with Gasteiger partial charge in [-0.2, -0.15) is 0 Å². The number of alkyl carbamates (subject to hydrolysis) is 1. The van der Waals surface area contributed by atoms with Crippen LogP contribution in [0.1, 0.15) is 33.3 Å². The Morgan fingerprint density at radius 1 is 1.36 bits per heavy atom. The number of aromatic amines is 1. The maximum Gasteiger partial charge on any atom is 0.407 e. The van der Waals surface area contributed by atoms with Crippen molar-refractivity contribution in [3.63, 3.8) is 0 Å². The first-order valence-electron chi connectivity index (χ1n) is 7.49. The smallest absolute Gasteiger partial charge is 0.407 e. The predicted octanol–water partition coefficient (Wildman–Crippen LogP) is 2.98. The number of fused-ring (bicyclic) bond motifs is 1. The van der Waals surface area contributed by atoms with E-state index < -0.39 is 23.8 Å². The second-order valence-corrected chi connectivity index (χ2v) is 6.56. The molecule has 3 N–H and O–H groups in total. The number of carbonyl (C=O) groups is 1. The second kappa shape index (κ2) is 6.40. The first-order valence-corrected chi connectivity index (χ1v) is 7.49. The van der Waals surface area contributed by atoms with Gasteiger partial charge in [-0.1, -0.05) is 18.2 Å². The van der Waals surface area contributed by atoms with Crippen molar-refractivity contribution in [3.8, 4) is 0 Å². The first-order chi connectivity index (χ1) is 10.3. The van der Waals surface area contributed by atoms with Gasteiger partial charge in [0.15, 0.2) is 0 Å². The van der Waals surface area contributed by atoms with Crippen LogP contribution in [0.4, 0.5) is 4.79 Å². The Bertz CT molecular complexity index is 641. The van der Waals surface area contributed by atoms with Crippen molar-refractivity contribution < 1.29 is 14.6 Å². The van der Waals surface area contributed by atoms with Crippen molar-refractivity contribution in [1.82, 2.24) is 10.3 Å². The molecule has 2 unspecified atom stereocenters. The number of para-hydroxylation sites is 1. The van der Waals surface area contributed by atoms with Gasteiger partial charge < -0.3 is 20.1 Å². The topological polar surface area (TPSA) is 74.4 Å². The SMILES string of the molecule is CC(O)C(Cc1c[nH]c2ccccc12)NC(=O)OC(C)(C)C. The highest BCUT2D eigenvalue weighted by Gasteiger charge is 2.23. The second-order valence-electron chi connectivity index (χ2n) is 6.56. The molecule has 0 bridgehead atoms. The number of ether oxygens (including phenoxy) is 1. The Morgan fingerprint density at radius 3 is 2.68 bits per heavy atom. The molecule has 0 aliphatic rings. The lowest BCUT2D eigenvalue weighted by molar-refractivity contribution is 0.0438. The zero-order chi connectivity index (χ0) is 16.3. The quantitative estimate of drug-likeness (QED) is 0.813. The third-order valence-corrected chi connectivity index (χ3v) is 3.40. The summed E-state index contributed by atoms with van der Waals surface area (Å²) >= 11 is 0. The molecule has 5 heteroatoms. The van der Waals surface area contributed by atoms with Crippen molar-refractivity contribution in [2.75, 3.05) is 0 Å². The molecule has 0 fully saturated rings. The zero-order valence-electron chi connectivity index (χ0n) is 13.5. The van der Waals surface area contributed by atoms with Crippen LogP contribution in [-0.4, -0.2) is 33.9 Å². The summed E-state index contributed by atoms with van der Waals surface area (Å²) in [5.41, 5.74) is 1.53. The van der Waals surface area contributed by atoms with E-state index in [0.29, 0.717) is 6.42 Å². The number of carbonyl (C=O) groups excluding carboxylic acids is 1. The molecule has 0 saturated carbocycles.